The molecule has 1 aliphatic carbocycles. The number of hydrogen-bond acceptors (Lipinski definition) is 3. The lowest BCUT2D eigenvalue weighted by molar-refractivity contribution is 0.174. The van der Waals surface area contributed by atoms with Gasteiger partial charge in [-0.05, 0) is 43.6 Å². The summed E-state index contributed by atoms with van der Waals surface area (Å²) in [6.07, 6.45) is 3.64. The first-order chi connectivity index (χ1) is 8.77. The van der Waals surface area contributed by atoms with Crippen LogP contribution in [0.15, 0.2) is 11.1 Å². The van der Waals surface area contributed by atoms with Gasteiger partial charge in [0.25, 0.3) is 0 Å². The van der Waals surface area contributed by atoms with E-state index < -0.39 is 0 Å². The average molecular weight is 281 g/mol. The van der Waals surface area contributed by atoms with Crippen LogP contribution in [0.1, 0.15) is 45.7 Å². The van der Waals surface area contributed by atoms with Crippen molar-refractivity contribution in [3.63, 3.8) is 0 Å². The molecular weight excluding hydrogens is 254 g/mol. The fourth-order valence-corrected chi connectivity index (χ4v) is 4.31. The maximum absolute atomic E-state index is 6.34. The highest BCUT2D eigenvalue weighted by atomic mass is 32.2. The highest BCUT2D eigenvalue weighted by Crippen LogP contribution is 2.42. The summed E-state index contributed by atoms with van der Waals surface area (Å²) < 4.78 is 1.98. The van der Waals surface area contributed by atoms with E-state index in [1.165, 1.54) is 17.9 Å². The summed E-state index contributed by atoms with van der Waals surface area (Å²) in [4.78, 5) is 0. The van der Waals surface area contributed by atoms with Crippen molar-refractivity contribution in [1.82, 2.24) is 9.78 Å². The van der Waals surface area contributed by atoms with Gasteiger partial charge in [0.05, 0.1) is 10.7 Å². The molecule has 3 unspecified atom stereocenters. The summed E-state index contributed by atoms with van der Waals surface area (Å²) in [7, 11) is 2.02. The second kappa shape index (κ2) is 5.49. The SMILES string of the molecule is Cc1cc(SC2CC(C(C)(C)C)CCC2N)n(C)n1. The molecule has 1 fully saturated rings. The molecule has 1 heterocycles. The van der Waals surface area contributed by atoms with Crippen molar-refractivity contribution in [2.45, 2.75) is 63.3 Å². The van der Waals surface area contributed by atoms with Crippen molar-refractivity contribution in [1.29, 1.82) is 0 Å². The van der Waals surface area contributed by atoms with Gasteiger partial charge in [0.1, 0.15) is 0 Å². The van der Waals surface area contributed by atoms with Gasteiger partial charge in [-0.2, -0.15) is 5.10 Å². The van der Waals surface area contributed by atoms with Crippen molar-refractivity contribution < 1.29 is 0 Å². The molecule has 2 N–H and O–H groups in total. The summed E-state index contributed by atoms with van der Waals surface area (Å²) in [6, 6.07) is 2.48. The molecule has 3 nitrogen and oxygen atoms in total. The van der Waals surface area contributed by atoms with Crippen molar-refractivity contribution in [3.8, 4) is 0 Å². The van der Waals surface area contributed by atoms with E-state index in [1.54, 1.807) is 0 Å². The highest BCUT2D eigenvalue weighted by Gasteiger charge is 2.35. The third-order valence-electron chi connectivity index (χ3n) is 4.30. The molecule has 1 saturated carbocycles. The molecule has 19 heavy (non-hydrogen) atoms. The van der Waals surface area contributed by atoms with Crippen LogP contribution >= 0.6 is 11.8 Å². The molecule has 0 radical (unpaired) electrons. The Morgan fingerprint density at radius 2 is 2.05 bits per heavy atom. The fraction of sp³-hybridized carbons (Fsp3) is 0.800. The molecule has 4 heteroatoms. The predicted octanol–water partition coefficient (Wildman–Crippen LogP) is 3.36. The average Bonchev–Trinajstić information content (AvgIpc) is 2.59. The Hall–Kier alpha value is -0.480. The van der Waals surface area contributed by atoms with Crippen molar-refractivity contribution in [3.05, 3.63) is 11.8 Å². The normalized spacial score (nSPS) is 28.6. The number of rotatable bonds is 2. The van der Waals surface area contributed by atoms with Crippen LogP contribution in [0, 0.1) is 18.3 Å². The zero-order chi connectivity index (χ0) is 14.2. The number of nitrogens with two attached hydrogens (primary N) is 1. The van der Waals surface area contributed by atoms with E-state index in [9.17, 15) is 0 Å². The summed E-state index contributed by atoms with van der Waals surface area (Å²) in [6.45, 7) is 9.10. The third-order valence-corrected chi connectivity index (χ3v) is 5.77. The lowest BCUT2D eigenvalue weighted by Crippen LogP contribution is -2.41. The van der Waals surface area contributed by atoms with Crippen LogP contribution in [0.4, 0.5) is 0 Å². The number of aromatic nitrogens is 2. The van der Waals surface area contributed by atoms with Crippen LogP contribution in [-0.4, -0.2) is 21.1 Å². The first kappa shape index (κ1) is 14.9. The molecule has 0 saturated heterocycles. The first-order valence-corrected chi connectivity index (χ1v) is 8.08. The Labute approximate surface area is 121 Å². The van der Waals surface area contributed by atoms with E-state index in [0.29, 0.717) is 16.7 Å². The molecule has 1 aromatic heterocycles. The quantitative estimate of drug-likeness (QED) is 0.904. The summed E-state index contributed by atoms with van der Waals surface area (Å²) >= 11 is 1.92. The van der Waals surface area contributed by atoms with Gasteiger partial charge in [-0.1, -0.05) is 20.8 Å². The van der Waals surface area contributed by atoms with Gasteiger partial charge in [-0.25, -0.2) is 0 Å². The van der Waals surface area contributed by atoms with Crippen LogP contribution in [0.2, 0.25) is 0 Å². The Bertz CT molecular complexity index is 433. The Morgan fingerprint density at radius 1 is 1.37 bits per heavy atom. The van der Waals surface area contributed by atoms with Gasteiger partial charge in [-0.15, -0.1) is 11.8 Å². The molecule has 3 atom stereocenters. The smallest absolute Gasteiger partial charge is 0.0942 e. The van der Waals surface area contributed by atoms with Crippen molar-refractivity contribution in [2.24, 2.45) is 24.1 Å². The summed E-state index contributed by atoms with van der Waals surface area (Å²) in [5.74, 6) is 0.777. The van der Waals surface area contributed by atoms with Crippen LogP contribution in [0.3, 0.4) is 0 Å². The van der Waals surface area contributed by atoms with Gasteiger partial charge in [0.2, 0.25) is 0 Å². The van der Waals surface area contributed by atoms with Gasteiger partial charge >= 0.3 is 0 Å². The highest BCUT2D eigenvalue weighted by molar-refractivity contribution is 7.99. The lowest BCUT2D eigenvalue weighted by atomic mass is 9.71. The van der Waals surface area contributed by atoms with E-state index in [2.05, 4.69) is 31.9 Å². The van der Waals surface area contributed by atoms with E-state index in [0.717, 1.165) is 18.0 Å². The summed E-state index contributed by atoms with van der Waals surface area (Å²) in [5.41, 5.74) is 7.81. The molecular formula is C15H27N3S. The monoisotopic (exact) mass is 281 g/mol. The minimum Gasteiger partial charge on any atom is -0.327 e. The van der Waals surface area contributed by atoms with Crippen LogP contribution in [0.5, 0.6) is 0 Å². The number of aryl methyl sites for hydroxylation is 2. The Balaban J connectivity index is 2.07. The van der Waals surface area contributed by atoms with Gasteiger partial charge in [-0.3, -0.25) is 4.68 Å². The van der Waals surface area contributed by atoms with E-state index >= 15 is 0 Å². The molecule has 1 aromatic rings. The maximum atomic E-state index is 6.34. The van der Waals surface area contributed by atoms with Crippen molar-refractivity contribution in [2.75, 3.05) is 0 Å². The summed E-state index contributed by atoms with van der Waals surface area (Å²) in [5, 5.41) is 6.19. The Kier molecular flexibility index (Phi) is 4.31. The first-order valence-electron chi connectivity index (χ1n) is 7.20. The zero-order valence-corrected chi connectivity index (χ0v) is 13.6. The minimum atomic E-state index is 0.318. The van der Waals surface area contributed by atoms with E-state index in [4.69, 9.17) is 5.73 Å². The van der Waals surface area contributed by atoms with E-state index in [1.807, 2.05) is 30.4 Å². The largest absolute Gasteiger partial charge is 0.327 e. The fourth-order valence-electron chi connectivity index (χ4n) is 2.93. The molecule has 0 aliphatic heterocycles. The zero-order valence-electron chi connectivity index (χ0n) is 12.8. The molecule has 0 bridgehead atoms. The maximum Gasteiger partial charge on any atom is 0.0942 e. The van der Waals surface area contributed by atoms with Gasteiger partial charge in [0.15, 0.2) is 0 Å². The van der Waals surface area contributed by atoms with Crippen LogP contribution < -0.4 is 5.73 Å². The second-order valence-electron chi connectivity index (χ2n) is 6.94. The van der Waals surface area contributed by atoms with Crippen LogP contribution in [0.25, 0.3) is 0 Å². The number of thioether (sulfide) groups is 1. The Morgan fingerprint density at radius 3 is 2.58 bits per heavy atom. The van der Waals surface area contributed by atoms with Crippen LogP contribution in [-0.2, 0) is 7.05 Å². The third kappa shape index (κ3) is 3.54. The van der Waals surface area contributed by atoms with Crippen molar-refractivity contribution >= 4 is 11.8 Å². The standard InChI is InChI=1S/C15H27N3S/c1-10-8-14(18(5)17-10)19-13-9-11(15(2,3)4)6-7-12(13)16/h8,11-13H,6-7,9,16H2,1-5H3. The number of hydrogen-bond donors (Lipinski definition) is 1. The van der Waals surface area contributed by atoms with E-state index in [-0.39, 0.29) is 0 Å². The number of nitrogens with zero attached hydrogens (tertiary/aromatic N) is 2. The molecule has 1 aliphatic rings. The minimum absolute atomic E-state index is 0.318. The molecule has 0 aromatic carbocycles. The second-order valence-corrected chi connectivity index (χ2v) is 8.20. The lowest BCUT2D eigenvalue weighted by Gasteiger charge is -2.40. The molecule has 108 valence electrons. The van der Waals surface area contributed by atoms with Gasteiger partial charge < -0.3 is 5.73 Å². The predicted molar refractivity (Wildman–Crippen MR) is 82.4 cm³/mol. The topological polar surface area (TPSA) is 43.8 Å². The molecule has 2 rings (SSSR count). The van der Waals surface area contributed by atoms with Gasteiger partial charge in [0, 0.05) is 18.3 Å². The molecule has 0 spiro atoms. The molecule has 0 amide bonds.